The minimum atomic E-state index is -0.0330. The molecule has 17 heteroatoms. The molecule has 2 amide bonds. The van der Waals surface area contributed by atoms with Crippen LogP contribution in [0, 0.1) is 16.7 Å². The van der Waals surface area contributed by atoms with Crippen molar-refractivity contribution in [3.8, 4) is 23.3 Å². The minimum absolute atomic E-state index is 0.0203. The molecule has 1 aromatic heterocycles. The largest absolute Gasteiger partial charge is 0.495 e. The number of nitrogens with zero attached hydrogens (tertiary/aromatic N) is 4. The molecule has 2 heterocycles. The van der Waals surface area contributed by atoms with Gasteiger partial charge >= 0.3 is 0 Å². The summed E-state index contributed by atoms with van der Waals surface area (Å²) in [4.78, 5) is 33.3. The Morgan fingerprint density at radius 2 is 1.41 bits per heavy atom. The van der Waals surface area contributed by atoms with Crippen molar-refractivity contribution in [3.63, 3.8) is 0 Å². The number of carbonyl (C=O) groups is 2. The molecule has 1 saturated heterocycles. The number of amides is 2. The fourth-order valence-corrected chi connectivity index (χ4v) is 6.63. The van der Waals surface area contributed by atoms with E-state index in [9.17, 15) is 14.9 Å². The van der Waals surface area contributed by atoms with E-state index in [1.54, 1.807) is 31.4 Å². The first-order valence-corrected chi connectivity index (χ1v) is 20.2. The van der Waals surface area contributed by atoms with Crippen molar-refractivity contribution < 1.29 is 38.0 Å². The average Bonchev–Trinajstić information content (AvgIpc) is 3.18. The van der Waals surface area contributed by atoms with E-state index in [1.165, 1.54) is 13.3 Å². The van der Waals surface area contributed by atoms with Crippen LogP contribution in [0.2, 0.25) is 10.0 Å². The number of hydrogen-bond donors (Lipinski definition) is 3. The molecule has 0 saturated carbocycles. The molecule has 58 heavy (non-hydrogen) atoms. The molecule has 2 aromatic carbocycles. The molecule has 1 aliphatic heterocycles. The number of fused-ring (bicyclic) bond motifs is 1. The molecule has 1 fully saturated rings. The Labute approximate surface area is 351 Å². The quantitative estimate of drug-likeness (QED) is 0.0998. The topological polar surface area (TPSA) is 169 Å². The predicted molar refractivity (Wildman–Crippen MR) is 225 cm³/mol. The molecular formula is C41H57Cl2N7O8. The van der Waals surface area contributed by atoms with Crippen molar-refractivity contribution in [1.29, 1.82) is 5.26 Å². The van der Waals surface area contributed by atoms with Crippen molar-refractivity contribution in [2.75, 3.05) is 118 Å². The van der Waals surface area contributed by atoms with Gasteiger partial charge in [0.05, 0.1) is 99.5 Å². The van der Waals surface area contributed by atoms with Crippen LogP contribution in [-0.2, 0) is 23.8 Å². The summed E-state index contributed by atoms with van der Waals surface area (Å²) in [5.74, 6) is 1.50. The summed E-state index contributed by atoms with van der Waals surface area (Å²) >= 11 is 12.7. The van der Waals surface area contributed by atoms with Gasteiger partial charge in [0.1, 0.15) is 11.8 Å². The second-order valence-corrected chi connectivity index (χ2v) is 15.7. The molecule has 1 aliphatic rings. The van der Waals surface area contributed by atoms with Crippen LogP contribution >= 0.6 is 23.2 Å². The third-order valence-electron chi connectivity index (χ3n) is 9.06. The zero-order chi connectivity index (χ0) is 41.9. The molecule has 3 aromatic rings. The van der Waals surface area contributed by atoms with Crippen molar-refractivity contribution in [1.82, 2.24) is 25.4 Å². The normalized spacial score (nSPS) is 13.6. The number of aromatic nitrogens is 1. The van der Waals surface area contributed by atoms with Gasteiger partial charge in [-0.05, 0) is 24.0 Å². The number of ether oxygens (including phenoxy) is 6. The van der Waals surface area contributed by atoms with Gasteiger partial charge in [0.25, 0.3) is 0 Å². The molecular weight excluding hydrogens is 789 g/mol. The van der Waals surface area contributed by atoms with Gasteiger partial charge in [-0.3, -0.25) is 19.5 Å². The summed E-state index contributed by atoms with van der Waals surface area (Å²) in [6, 6.07) is 9.03. The van der Waals surface area contributed by atoms with Crippen LogP contribution in [0.3, 0.4) is 0 Å². The molecule has 0 atom stereocenters. The minimum Gasteiger partial charge on any atom is -0.495 e. The van der Waals surface area contributed by atoms with Gasteiger partial charge < -0.3 is 49.3 Å². The number of piperazine rings is 1. The van der Waals surface area contributed by atoms with Crippen LogP contribution in [0.4, 0.5) is 11.4 Å². The van der Waals surface area contributed by atoms with E-state index in [0.717, 1.165) is 39.1 Å². The summed E-state index contributed by atoms with van der Waals surface area (Å²) < 4.78 is 33.7. The molecule has 0 bridgehead atoms. The monoisotopic (exact) mass is 845 g/mol. The molecule has 15 nitrogen and oxygen atoms in total. The zero-order valence-corrected chi connectivity index (χ0v) is 35.7. The number of rotatable bonds is 24. The molecule has 3 N–H and O–H groups in total. The number of anilines is 2. The van der Waals surface area contributed by atoms with Gasteiger partial charge in [0.2, 0.25) is 11.8 Å². The smallest absolute Gasteiger partial charge is 0.234 e. The second kappa shape index (κ2) is 24.1. The van der Waals surface area contributed by atoms with Crippen LogP contribution < -0.4 is 30.2 Å². The molecule has 0 spiro atoms. The highest BCUT2D eigenvalue weighted by molar-refractivity contribution is 6.37. The highest BCUT2D eigenvalue weighted by Gasteiger charge is 2.20. The first-order valence-electron chi connectivity index (χ1n) is 19.5. The van der Waals surface area contributed by atoms with Crippen LogP contribution in [0.25, 0.3) is 10.9 Å². The fraction of sp³-hybridized carbons (Fsp3) is 0.561. The number of methoxy groups -OCH3 is 2. The molecule has 0 radical (unpaired) electrons. The second-order valence-electron chi connectivity index (χ2n) is 14.9. The number of pyridine rings is 1. The number of carbonyl (C=O) groups excluding carboxylic acids is 2. The molecule has 318 valence electrons. The van der Waals surface area contributed by atoms with Crippen LogP contribution in [0.1, 0.15) is 39.2 Å². The Morgan fingerprint density at radius 3 is 2.03 bits per heavy atom. The Hall–Kier alpha value is -4.14. The highest BCUT2D eigenvalue weighted by Crippen LogP contribution is 2.40. The average molecular weight is 847 g/mol. The highest BCUT2D eigenvalue weighted by atomic mass is 35.5. The van der Waals surface area contributed by atoms with Crippen LogP contribution in [-0.4, -0.2) is 139 Å². The first-order chi connectivity index (χ1) is 27.9. The molecule has 0 unspecified atom stereocenters. The number of hydrogen-bond acceptors (Lipinski definition) is 13. The van der Waals surface area contributed by atoms with Crippen molar-refractivity contribution >= 4 is 57.3 Å². The van der Waals surface area contributed by atoms with Crippen molar-refractivity contribution in [3.05, 3.63) is 46.1 Å². The van der Waals surface area contributed by atoms with Crippen molar-refractivity contribution in [2.24, 2.45) is 5.41 Å². The van der Waals surface area contributed by atoms with Gasteiger partial charge in [0, 0.05) is 75.9 Å². The van der Waals surface area contributed by atoms with E-state index in [1.807, 2.05) is 20.8 Å². The maximum atomic E-state index is 12.5. The van der Waals surface area contributed by atoms with E-state index < -0.39 is 0 Å². The maximum absolute atomic E-state index is 12.5. The Kier molecular flexibility index (Phi) is 19.3. The lowest BCUT2D eigenvalue weighted by molar-refractivity contribution is -0.123. The van der Waals surface area contributed by atoms with E-state index >= 15 is 0 Å². The number of benzene rings is 2. The standard InChI is InChI=1S/C41H57Cl2N7O8/c1-41(2,3)25-38(51)45-7-15-55-17-19-57-20-18-56-16-8-46-39(52)28-50-12-10-49(11-13-50)9-6-14-58-37-23-33-30(21-36(37)54-5)40(29(26-44)27-47-33)48-34-24-35(53-4)32(43)22-31(34)42/h21-24,27H,6-20,25,28H2,1-5H3,(H,45,51)(H,46,52)(H,47,48). The summed E-state index contributed by atoms with van der Waals surface area (Å²) in [6.45, 7) is 14.6. The fourth-order valence-electron chi connectivity index (χ4n) is 6.12. The molecule has 0 aliphatic carbocycles. The third-order valence-corrected chi connectivity index (χ3v) is 9.66. The number of halogens is 2. The third kappa shape index (κ3) is 15.6. The van der Waals surface area contributed by atoms with E-state index in [4.69, 9.17) is 51.6 Å². The summed E-state index contributed by atoms with van der Waals surface area (Å²) in [5.41, 5.74) is 1.93. The maximum Gasteiger partial charge on any atom is 0.234 e. The van der Waals surface area contributed by atoms with Crippen LogP contribution in [0.5, 0.6) is 17.2 Å². The Morgan fingerprint density at radius 1 is 0.793 bits per heavy atom. The Balaban J connectivity index is 1.07. The van der Waals surface area contributed by atoms with Gasteiger partial charge in [-0.2, -0.15) is 5.26 Å². The van der Waals surface area contributed by atoms with Gasteiger partial charge in [-0.1, -0.05) is 44.0 Å². The summed E-state index contributed by atoms with van der Waals surface area (Å²) in [5, 5.41) is 20.3. The van der Waals surface area contributed by atoms with Gasteiger partial charge in [0.15, 0.2) is 11.5 Å². The SMILES string of the molecule is COc1cc(Nc2c(C#N)cnc3cc(OCCCN4CCN(CC(=O)NCCOCCOCCOCCNC(=O)CC(C)(C)C)CC4)c(OC)cc23)c(Cl)cc1Cl. The van der Waals surface area contributed by atoms with Crippen LogP contribution in [0.15, 0.2) is 30.5 Å². The lowest BCUT2D eigenvalue weighted by atomic mass is 9.92. The van der Waals surface area contributed by atoms with E-state index in [-0.39, 0.29) is 17.2 Å². The lowest BCUT2D eigenvalue weighted by Crippen LogP contribution is -2.49. The number of nitrogens with one attached hydrogen (secondary N) is 3. The lowest BCUT2D eigenvalue weighted by Gasteiger charge is -2.34. The summed E-state index contributed by atoms with van der Waals surface area (Å²) in [7, 11) is 3.08. The molecule has 4 rings (SSSR count). The Bertz CT molecular complexity index is 1830. The van der Waals surface area contributed by atoms with Crippen molar-refractivity contribution in [2.45, 2.75) is 33.6 Å². The summed E-state index contributed by atoms with van der Waals surface area (Å²) in [6.07, 6.45) is 2.78. The predicted octanol–water partition coefficient (Wildman–Crippen LogP) is 5.28. The van der Waals surface area contributed by atoms with E-state index in [0.29, 0.717) is 127 Å². The number of nitriles is 1. The van der Waals surface area contributed by atoms with Gasteiger partial charge in [-0.15, -0.1) is 0 Å². The van der Waals surface area contributed by atoms with Gasteiger partial charge in [-0.25, -0.2) is 0 Å². The van der Waals surface area contributed by atoms with E-state index in [2.05, 4.69) is 36.8 Å². The first kappa shape index (κ1) is 46.5. The zero-order valence-electron chi connectivity index (χ0n) is 34.2.